The topological polar surface area (TPSA) is 171 Å². The summed E-state index contributed by atoms with van der Waals surface area (Å²) in [6, 6.07) is -4.10. The first kappa shape index (κ1) is 33.7. The van der Waals surface area contributed by atoms with Gasteiger partial charge in [-0.2, -0.15) is 0 Å². The number of carbonyl (C=O) groups is 6. The number of nitrogens with zero attached hydrogens (tertiary/aromatic N) is 2. The van der Waals surface area contributed by atoms with E-state index in [1.54, 1.807) is 11.9 Å². The van der Waals surface area contributed by atoms with Crippen LogP contribution in [-0.2, 0) is 24.0 Å². The maximum Gasteiger partial charge on any atom is 0.316 e. The van der Waals surface area contributed by atoms with Crippen molar-refractivity contribution in [3.63, 3.8) is 0 Å². The average molecular weight is 617 g/mol. The first-order valence-corrected chi connectivity index (χ1v) is 16.1. The van der Waals surface area contributed by atoms with E-state index < -0.39 is 59.1 Å². The molecule has 4 fully saturated rings. The Morgan fingerprint density at radius 3 is 2.07 bits per heavy atom. The maximum absolute atomic E-state index is 14.2. The van der Waals surface area contributed by atoms with Crippen molar-refractivity contribution < 1.29 is 28.8 Å². The molecule has 44 heavy (non-hydrogen) atoms. The van der Waals surface area contributed by atoms with E-state index in [9.17, 15) is 28.8 Å². The lowest BCUT2D eigenvalue weighted by Gasteiger charge is -2.38. The van der Waals surface area contributed by atoms with Gasteiger partial charge in [0.15, 0.2) is 0 Å². The normalized spacial score (nSPS) is 26.0. The zero-order chi connectivity index (χ0) is 32.9. The lowest BCUT2D eigenvalue weighted by molar-refractivity contribution is -0.145. The number of nitrogens with two attached hydrogens (primary N) is 1. The van der Waals surface area contributed by atoms with Crippen molar-refractivity contribution in [1.29, 1.82) is 0 Å². The van der Waals surface area contributed by atoms with Gasteiger partial charge in [0, 0.05) is 19.6 Å². The van der Waals surface area contributed by atoms with E-state index in [1.807, 2.05) is 34.6 Å². The van der Waals surface area contributed by atoms with Gasteiger partial charge < -0.3 is 31.5 Å². The number of nitrogens with one attached hydrogen (secondary N) is 3. The predicted octanol–water partition coefficient (Wildman–Crippen LogP) is 1.56. The number of ketones is 1. The number of carbonyl (C=O) groups excluding carboxylic acids is 6. The summed E-state index contributed by atoms with van der Waals surface area (Å²) in [5.41, 5.74) is 4.41. The van der Waals surface area contributed by atoms with Crippen LogP contribution in [0.1, 0.15) is 87.0 Å². The molecule has 3 saturated carbocycles. The van der Waals surface area contributed by atoms with E-state index in [1.165, 1.54) is 4.90 Å². The number of rotatable bonds is 12. The zero-order valence-electron chi connectivity index (χ0n) is 27.6. The summed E-state index contributed by atoms with van der Waals surface area (Å²) in [7, 11) is 1.75. The number of hydrogen-bond donors (Lipinski definition) is 4. The van der Waals surface area contributed by atoms with E-state index in [0.29, 0.717) is 13.0 Å². The van der Waals surface area contributed by atoms with Gasteiger partial charge in [0.25, 0.3) is 5.91 Å². The summed E-state index contributed by atoms with van der Waals surface area (Å²) in [4.78, 5) is 82.2. The van der Waals surface area contributed by atoms with Crippen LogP contribution < -0.4 is 21.7 Å². The first-order chi connectivity index (χ1) is 20.4. The van der Waals surface area contributed by atoms with Crippen molar-refractivity contribution in [2.24, 2.45) is 40.2 Å². The Bertz CT molecular complexity index is 1190. The van der Waals surface area contributed by atoms with Gasteiger partial charge in [-0.3, -0.25) is 24.0 Å². The van der Waals surface area contributed by atoms with Gasteiger partial charge in [-0.15, -0.1) is 0 Å². The van der Waals surface area contributed by atoms with Gasteiger partial charge in [-0.25, -0.2) is 4.79 Å². The predicted molar refractivity (Wildman–Crippen MR) is 164 cm³/mol. The minimum absolute atomic E-state index is 0.0782. The third kappa shape index (κ3) is 6.88. The Morgan fingerprint density at radius 2 is 1.59 bits per heavy atom. The summed E-state index contributed by atoms with van der Waals surface area (Å²) in [6.07, 6.45) is 5.11. The quantitative estimate of drug-likeness (QED) is 0.242. The van der Waals surface area contributed by atoms with E-state index in [-0.39, 0.29) is 41.0 Å². The van der Waals surface area contributed by atoms with Crippen LogP contribution >= 0.6 is 0 Å². The lowest BCUT2D eigenvalue weighted by atomic mass is 9.80. The van der Waals surface area contributed by atoms with Gasteiger partial charge in [0.1, 0.15) is 18.1 Å². The number of urea groups is 1. The Labute approximate surface area is 261 Å². The molecule has 4 rings (SSSR count). The fourth-order valence-corrected chi connectivity index (χ4v) is 7.04. The Hall–Kier alpha value is -3.18. The molecule has 0 radical (unpaired) electrons. The van der Waals surface area contributed by atoms with Crippen LogP contribution in [0.15, 0.2) is 0 Å². The molecule has 1 aliphatic heterocycles. The molecule has 0 aromatic rings. The van der Waals surface area contributed by atoms with E-state index in [4.69, 9.17) is 5.73 Å². The largest absolute Gasteiger partial charge is 0.363 e. The van der Waals surface area contributed by atoms with Crippen molar-refractivity contribution >= 4 is 35.4 Å². The third-order valence-corrected chi connectivity index (χ3v) is 10.5. The second-order valence-electron chi connectivity index (χ2n) is 15.5. The summed E-state index contributed by atoms with van der Waals surface area (Å²) in [5, 5.41) is 8.41. The summed E-state index contributed by atoms with van der Waals surface area (Å²) < 4.78 is 0. The van der Waals surface area contributed by atoms with Crippen LogP contribution in [0.3, 0.4) is 0 Å². The molecule has 12 heteroatoms. The average Bonchev–Trinajstić information content (AvgIpc) is 3.78. The third-order valence-electron chi connectivity index (χ3n) is 10.5. The Kier molecular flexibility index (Phi) is 9.43. The van der Waals surface area contributed by atoms with Crippen LogP contribution in [0.4, 0.5) is 4.79 Å². The summed E-state index contributed by atoms with van der Waals surface area (Å²) in [5.74, 6) is -2.98. The molecule has 0 unspecified atom stereocenters. The van der Waals surface area contributed by atoms with Crippen LogP contribution in [-0.4, -0.2) is 89.0 Å². The highest BCUT2D eigenvalue weighted by Gasteiger charge is 2.70. The second kappa shape index (κ2) is 12.3. The van der Waals surface area contributed by atoms with E-state index in [2.05, 4.69) is 29.8 Å². The number of likely N-dealkylation sites (tertiary alicyclic amines) is 1. The van der Waals surface area contributed by atoms with Gasteiger partial charge in [-0.05, 0) is 53.8 Å². The highest BCUT2D eigenvalue weighted by molar-refractivity contribution is 6.37. The van der Waals surface area contributed by atoms with Crippen molar-refractivity contribution in [1.82, 2.24) is 25.8 Å². The molecule has 6 amide bonds. The molecule has 12 nitrogen and oxygen atoms in total. The number of hydrogen-bond acceptors (Lipinski definition) is 6. The van der Waals surface area contributed by atoms with Crippen molar-refractivity contribution in [2.75, 3.05) is 13.6 Å². The summed E-state index contributed by atoms with van der Waals surface area (Å²) in [6.45, 7) is 13.7. The van der Waals surface area contributed by atoms with Crippen molar-refractivity contribution in [2.45, 2.75) is 117 Å². The number of likely N-dealkylation sites (N-methyl/N-ethyl adjacent to an activating group) is 1. The molecule has 1 saturated heterocycles. The van der Waals surface area contributed by atoms with Crippen molar-refractivity contribution in [3.05, 3.63) is 0 Å². The standard InChI is InChI=1S/C32H52N6O6/c1-16(2)22(28(42)37(8)18-12-13-18)35-30(44)36-25(31(3,4)5)29(43)38-15-19-21(32(19,6)7)23(38)27(41)34-20(24(39)26(33)40)14-17-10-9-11-17/h16-23,25H,9-15H2,1-8H3,(H2,33,40)(H,34,41)(H2,35,36,44)/t19-,20-,21-,22-,23-,25+/m0/s1. The van der Waals surface area contributed by atoms with Crippen LogP contribution in [0.2, 0.25) is 0 Å². The molecular formula is C32H52N6O6. The molecule has 6 atom stereocenters. The van der Waals surface area contributed by atoms with Gasteiger partial charge in [0.05, 0.1) is 6.04 Å². The minimum atomic E-state index is -1.09. The SMILES string of the molecule is CC(C)[C@H](NC(=O)N[C@H](C(=O)N1C[C@H]2[C@@H]([C@H]1C(=O)N[C@@H](CC1CCC1)C(=O)C(N)=O)C2(C)C)C(C)(C)C)C(=O)N(C)C1CC1. The van der Waals surface area contributed by atoms with Crippen molar-refractivity contribution in [3.8, 4) is 0 Å². The fraction of sp³-hybridized carbons (Fsp3) is 0.812. The lowest BCUT2D eigenvalue weighted by Crippen LogP contribution is -2.62. The molecule has 0 bridgehead atoms. The number of Topliss-reactive ketones (excluding diaryl/α,β-unsaturated/α-hetero) is 1. The molecule has 1 heterocycles. The molecule has 3 aliphatic carbocycles. The highest BCUT2D eigenvalue weighted by Crippen LogP contribution is 2.65. The van der Waals surface area contributed by atoms with Gasteiger partial charge in [-0.1, -0.05) is 67.7 Å². The number of fused-ring (bicyclic) bond motifs is 1. The first-order valence-electron chi connectivity index (χ1n) is 16.1. The van der Waals surface area contributed by atoms with Crippen LogP contribution in [0.5, 0.6) is 0 Å². The minimum Gasteiger partial charge on any atom is -0.363 e. The highest BCUT2D eigenvalue weighted by atomic mass is 16.2. The van der Waals surface area contributed by atoms with Crippen LogP contribution in [0, 0.1) is 34.5 Å². The molecule has 0 aromatic carbocycles. The molecule has 5 N–H and O–H groups in total. The number of piperidine rings is 1. The molecule has 4 aliphatic rings. The van der Waals surface area contributed by atoms with E-state index in [0.717, 1.165) is 32.1 Å². The second-order valence-corrected chi connectivity index (χ2v) is 15.5. The molecule has 0 aromatic heterocycles. The summed E-state index contributed by atoms with van der Waals surface area (Å²) >= 11 is 0. The van der Waals surface area contributed by atoms with Gasteiger partial charge >= 0.3 is 6.03 Å². The fourth-order valence-electron chi connectivity index (χ4n) is 7.04. The number of primary amides is 1. The van der Waals surface area contributed by atoms with Crippen LogP contribution in [0.25, 0.3) is 0 Å². The Morgan fingerprint density at radius 1 is 0.977 bits per heavy atom. The van der Waals surface area contributed by atoms with Gasteiger partial charge in [0.2, 0.25) is 23.5 Å². The molecule has 246 valence electrons. The monoisotopic (exact) mass is 616 g/mol. The maximum atomic E-state index is 14.2. The number of amides is 6. The zero-order valence-corrected chi connectivity index (χ0v) is 27.6. The molecule has 0 spiro atoms. The van der Waals surface area contributed by atoms with E-state index >= 15 is 0 Å². The Balaban J connectivity index is 1.51. The molecular weight excluding hydrogens is 564 g/mol. The smallest absolute Gasteiger partial charge is 0.316 e.